The van der Waals surface area contributed by atoms with E-state index in [0.29, 0.717) is 65.1 Å². The van der Waals surface area contributed by atoms with Crippen LogP contribution in [0.4, 0.5) is 4.79 Å². The predicted molar refractivity (Wildman–Crippen MR) is 83.4 cm³/mol. The van der Waals surface area contributed by atoms with E-state index in [4.69, 9.17) is 9.47 Å². The van der Waals surface area contributed by atoms with Crippen molar-refractivity contribution in [3.8, 4) is 0 Å². The van der Waals surface area contributed by atoms with Crippen LogP contribution in [-0.4, -0.2) is 81.1 Å². The van der Waals surface area contributed by atoms with Crippen LogP contribution >= 0.6 is 0 Å². The number of likely N-dealkylation sites (tertiary alicyclic amines) is 1. The van der Waals surface area contributed by atoms with Crippen molar-refractivity contribution in [2.75, 3.05) is 45.6 Å². The van der Waals surface area contributed by atoms with Crippen molar-refractivity contribution in [2.24, 2.45) is 0 Å². The van der Waals surface area contributed by atoms with E-state index in [1.165, 1.54) is 10.6 Å². The smallest absolute Gasteiger partial charge is 0.317 e. The normalized spacial score (nSPS) is 26.6. The Morgan fingerprint density at radius 3 is 2.17 bits per heavy atom. The molecular formula is C14H25N3O5S. The molecule has 3 heterocycles. The van der Waals surface area contributed by atoms with Crippen molar-refractivity contribution in [1.29, 1.82) is 0 Å². The Hall–Kier alpha value is -0.900. The van der Waals surface area contributed by atoms with E-state index in [9.17, 15) is 13.2 Å². The second-order valence-corrected chi connectivity index (χ2v) is 8.46. The molecule has 0 aromatic rings. The third kappa shape index (κ3) is 3.96. The number of piperidine rings is 2. The fourth-order valence-electron chi connectivity index (χ4n) is 3.43. The summed E-state index contributed by atoms with van der Waals surface area (Å²) in [5.74, 6) is -0.475. The number of rotatable bonds is 2. The van der Waals surface area contributed by atoms with Gasteiger partial charge in [0, 0.05) is 45.1 Å². The van der Waals surface area contributed by atoms with Gasteiger partial charge in [-0.05, 0) is 12.8 Å². The van der Waals surface area contributed by atoms with Gasteiger partial charge in [0.15, 0.2) is 5.79 Å². The van der Waals surface area contributed by atoms with Crippen LogP contribution in [-0.2, 0) is 19.5 Å². The summed E-state index contributed by atoms with van der Waals surface area (Å²) in [6, 6.07) is -0.0361. The summed E-state index contributed by atoms with van der Waals surface area (Å²) in [7, 11) is -3.13. The molecule has 0 aromatic heterocycles. The Kier molecular flexibility index (Phi) is 4.82. The fourth-order valence-corrected chi connectivity index (χ4v) is 4.31. The third-order valence-electron chi connectivity index (χ3n) is 4.88. The number of hydrogen-bond acceptors (Lipinski definition) is 5. The molecule has 3 rings (SSSR count). The first-order valence-corrected chi connectivity index (χ1v) is 10.0. The zero-order valence-corrected chi connectivity index (χ0v) is 14.3. The number of urea groups is 1. The van der Waals surface area contributed by atoms with Crippen molar-refractivity contribution in [2.45, 2.75) is 37.5 Å². The number of amides is 2. The SMILES string of the molecule is CS(=O)(=O)N1CCC(NC(=O)N2CCC3(CC2)OCCO3)CC1. The molecule has 3 fully saturated rings. The average molecular weight is 347 g/mol. The number of carbonyl (C=O) groups is 1. The van der Waals surface area contributed by atoms with Gasteiger partial charge in [0.1, 0.15) is 0 Å². The molecule has 8 nitrogen and oxygen atoms in total. The summed E-state index contributed by atoms with van der Waals surface area (Å²) >= 11 is 0. The van der Waals surface area contributed by atoms with E-state index in [0.717, 1.165) is 0 Å². The van der Waals surface area contributed by atoms with Gasteiger partial charge in [0.05, 0.1) is 19.5 Å². The van der Waals surface area contributed by atoms with Crippen LogP contribution in [0.5, 0.6) is 0 Å². The maximum Gasteiger partial charge on any atom is 0.317 e. The van der Waals surface area contributed by atoms with Gasteiger partial charge in [0.25, 0.3) is 0 Å². The maximum absolute atomic E-state index is 12.3. The Balaban J connectivity index is 1.44. The fraction of sp³-hybridized carbons (Fsp3) is 0.929. The van der Waals surface area contributed by atoms with Gasteiger partial charge in [-0.2, -0.15) is 0 Å². The van der Waals surface area contributed by atoms with Crippen molar-refractivity contribution in [3.63, 3.8) is 0 Å². The first kappa shape index (κ1) is 16.9. The molecule has 3 aliphatic rings. The van der Waals surface area contributed by atoms with E-state index >= 15 is 0 Å². The van der Waals surface area contributed by atoms with Gasteiger partial charge in [-0.3, -0.25) is 0 Å². The lowest BCUT2D eigenvalue weighted by atomic mass is 10.0. The summed E-state index contributed by atoms with van der Waals surface area (Å²) in [5, 5.41) is 3.02. The van der Waals surface area contributed by atoms with Gasteiger partial charge in [-0.1, -0.05) is 0 Å². The van der Waals surface area contributed by atoms with Crippen molar-refractivity contribution in [1.82, 2.24) is 14.5 Å². The number of nitrogens with zero attached hydrogens (tertiary/aromatic N) is 2. The van der Waals surface area contributed by atoms with Crippen molar-refractivity contribution in [3.05, 3.63) is 0 Å². The van der Waals surface area contributed by atoms with E-state index < -0.39 is 15.8 Å². The first-order valence-electron chi connectivity index (χ1n) is 8.16. The second kappa shape index (κ2) is 6.54. The molecular weight excluding hydrogens is 322 g/mol. The topological polar surface area (TPSA) is 88.2 Å². The Bertz CT molecular complexity index is 529. The zero-order valence-electron chi connectivity index (χ0n) is 13.5. The minimum absolute atomic E-state index is 0.0374. The van der Waals surface area contributed by atoms with Crippen LogP contribution in [0.1, 0.15) is 25.7 Å². The summed E-state index contributed by atoms with van der Waals surface area (Å²) in [6.07, 6.45) is 3.94. The molecule has 0 saturated carbocycles. The molecule has 3 saturated heterocycles. The summed E-state index contributed by atoms with van der Waals surface area (Å²) in [4.78, 5) is 14.1. The van der Waals surface area contributed by atoms with Crippen molar-refractivity contribution >= 4 is 16.1 Å². The standard InChI is InChI=1S/C14H25N3O5S/c1-23(19,20)17-6-2-12(3-7-17)15-13(18)16-8-4-14(5-9-16)21-10-11-22-14/h12H,2-11H2,1H3,(H,15,18). The van der Waals surface area contributed by atoms with Gasteiger partial charge in [0.2, 0.25) is 10.0 Å². The van der Waals surface area contributed by atoms with Crippen molar-refractivity contribution < 1.29 is 22.7 Å². The van der Waals surface area contributed by atoms with Crippen LogP contribution in [0, 0.1) is 0 Å². The number of ether oxygens (including phenoxy) is 2. The van der Waals surface area contributed by atoms with Crippen LogP contribution in [0.25, 0.3) is 0 Å². The Labute approximate surface area is 137 Å². The number of sulfonamides is 1. The Morgan fingerprint density at radius 1 is 1.09 bits per heavy atom. The lowest BCUT2D eigenvalue weighted by molar-refractivity contribution is -0.181. The van der Waals surface area contributed by atoms with Crippen LogP contribution in [0.15, 0.2) is 0 Å². The van der Waals surface area contributed by atoms with Crippen LogP contribution < -0.4 is 5.32 Å². The lowest BCUT2D eigenvalue weighted by Gasteiger charge is -2.38. The summed E-state index contributed by atoms with van der Waals surface area (Å²) in [5.41, 5.74) is 0. The van der Waals surface area contributed by atoms with Crippen LogP contribution in [0.2, 0.25) is 0 Å². The summed E-state index contributed by atoms with van der Waals surface area (Å²) in [6.45, 7) is 3.43. The minimum atomic E-state index is -3.13. The Morgan fingerprint density at radius 2 is 1.65 bits per heavy atom. The maximum atomic E-state index is 12.3. The van der Waals surface area contributed by atoms with Gasteiger partial charge < -0.3 is 19.7 Å². The van der Waals surface area contributed by atoms with Gasteiger partial charge in [-0.25, -0.2) is 17.5 Å². The molecule has 1 spiro atoms. The van der Waals surface area contributed by atoms with Gasteiger partial charge in [-0.15, -0.1) is 0 Å². The highest BCUT2D eigenvalue weighted by atomic mass is 32.2. The largest absolute Gasteiger partial charge is 0.347 e. The third-order valence-corrected chi connectivity index (χ3v) is 6.18. The van der Waals surface area contributed by atoms with E-state index in [1.54, 1.807) is 4.90 Å². The van der Waals surface area contributed by atoms with E-state index in [1.807, 2.05) is 0 Å². The highest BCUT2D eigenvalue weighted by Crippen LogP contribution is 2.31. The quantitative estimate of drug-likeness (QED) is 0.757. The molecule has 0 unspecified atom stereocenters. The number of carbonyl (C=O) groups excluding carboxylic acids is 1. The minimum Gasteiger partial charge on any atom is -0.347 e. The predicted octanol–water partition coefficient (Wildman–Crippen LogP) is -0.0411. The molecule has 9 heteroatoms. The molecule has 0 aliphatic carbocycles. The molecule has 3 aliphatic heterocycles. The zero-order chi connectivity index (χ0) is 16.5. The summed E-state index contributed by atoms with van der Waals surface area (Å²) < 4.78 is 35.8. The molecule has 23 heavy (non-hydrogen) atoms. The monoisotopic (exact) mass is 347 g/mol. The molecule has 0 aromatic carbocycles. The molecule has 132 valence electrons. The molecule has 0 bridgehead atoms. The highest BCUT2D eigenvalue weighted by Gasteiger charge is 2.41. The van der Waals surface area contributed by atoms with E-state index in [-0.39, 0.29) is 12.1 Å². The molecule has 0 atom stereocenters. The number of nitrogens with one attached hydrogen (secondary N) is 1. The lowest BCUT2D eigenvalue weighted by Crippen LogP contribution is -2.54. The highest BCUT2D eigenvalue weighted by molar-refractivity contribution is 7.88. The van der Waals surface area contributed by atoms with Crippen LogP contribution in [0.3, 0.4) is 0 Å². The molecule has 0 radical (unpaired) electrons. The second-order valence-electron chi connectivity index (χ2n) is 6.48. The first-order chi connectivity index (χ1) is 10.9. The van der Waals surface area contributed by atoms with E-state index in [2.05, 4.69) is 5.32 Å². The molecule has 2 amide bonds. The molecule has 1 N–H and O–H groups in total. The average Bonchev–Trinajstić information content (AvgIpc) is 2.96. The number of hydrogen-bond donors (Lipinski definition) is 1. The van der Waals surface area contributed by atoms with Gasteiger partial charge >= 0.3 is 6.03 Å².